The lowest BCUT2D eigenvalue weighted by molar-refractivity contribution is 0.0696. The molecular formula is C16H14N2O4S2. The summed E-state index contributed by atoms with van der Waals surface area (Å²) in [6, 6.07) is 8.57. The van der Waals surface area contributed by atoms with E-state index in [0.29, 0.717) is 16.8 Å². The fraction of sp³-hybridized carbons (Fsp3) is 0.125. The zero-order valence-electron chi connectivity index (χ0n) is 12.9. The largest absolute Gasteiger partial charge is 0.478 e. The molecule has 0 aliphatic rings. The van der Waals surface area contributed by atoms with Crippen molar-refractivity contribution >= 4 is 33.4 Å². The lowest BCUT2D eigenvalue weighted by Crippen LogP contribution is -2.15. The molecule has 6 nitrogen and oxygen atoms in total. The molecule has 2 aromatic rings. The van der Waals surface area contributed by atoms with Crippen LogP contribution in [0.5, 0.6) is 0 Å². The third-order valence-corrected chi connectivity index (χ3v) is 5.21. The molecule has 0 aliphatic heterocycles. The van der Waals surface area contributed by atoms with Gasteiger partial charge in [-0.05, 0) is 67.1 Å². The second kappa shape index (κ2) is 6.95. The molecule has 0 saturated carbocycles. The number of thiocyanates is 1. The van der Waals surface area contributed by atoms with Crippen LogP contribution < -0.4 is 4.72 Å². The highest BCUT2D eigenvalue weighted by Crippen LogP contribution is 2.29. The van der Waals surface area contributed by atoms with Gasteiger partial charge in [0.25, 0.3) is 10.0 Å². The van der Waals surface area contributed by atoms with E-state index in [2.05, 4.69) is 4.72 Å². The van der Waals surface area contributed by atoms with Crippen molar-refractivity contribution in [3.63, 3.8) is 0 Å². The minimum atomic E-state index is -3.92. The van der Waals surface area contributed by atoms with Gasteiger partial charge in [-0.3, -0.25) is 4.72 Å². The number of rotatable bonds is 5. The Morgan fingerprint density at radius 1 is 1.21 bits per heavy atom. The number of anilines is 1. The number of sulfonamides is 1. The molecule has 2 N–H and O–H groups in total. The van der Waals surface area contributed by atoms with Gasteiger partial charge >= 0.3 is 5.97 Å². The Labute approximate surface area is 144 Å². The highest BCUT2D eigenvalue weighted by atomic mass is 32.2. The van der Waals surface area contributed by atoms with Crippen LogP contribution in [0, 0.1) is 24.5 Å². The summed E-state index contributed by atoms with van der Waals surface area (Å²) in [6.45, 7) is 3.47. The number of aryl methyl sites for hydroxylation is 2. The van der Waals surface area contributed by atoms with Gasteiger partial charge in [0.05, 0.1) is 16.1 Å². The second-order valence-corrected chi connectivity index (χ2v) is 7.60. The molecule has 0 spiro atoms. The third-order valence-electron chi connectivity index (χ3n) is 3.30. The first-order chi connectivity index (χ1) is 11.2. The van der Waals surface area contributed by atoms with Gasteiger partial charge in [-0.2, -0.15) is 5.26 Å². The molecule has 0 atom stereocenters. The van der Waals surface area contributed by atoms with E-state index < -0.39 is 16.0 Å². The van der Waals surface area contributed by atoms with Crippen LogP contribution in [-0.4, -0.2) is 19.5 Å². The van der Waals surface area contributed by atoms with Crippen molar-refractivity contribution in [2.24, 2.45) is 0 Å². The van der Waals surface area contributed by atoms with Crippen LogP contribution in [0.15, 0.2) is 46.2 Å². The summed E-state index contributed by atoms with van der Waals surface area (Å²) in [5, 5.41) is 19.7. The molecular weight excluding hydrogens is 348 g/mol. The van der Waals surface area contributed by atoms with Crippen LogP contribution in [-0.2, 0) is 10.0 Å². The smallest absolute Gasteiger partial charge is 0.335 e. The van der Waals surface area contributed by atoms with Crippen LogP contribution in [0.4, 0.5) is 5.69 Å². The fourth-order valence-corrected chi connectivity index (χ4v) is 4.01. The number of nitrogens with one attached hydrogen (secondary N) is 1. The average molecular weight is 362 g/mol. The second-order valence-electron chi connectivity index (χ2n) is 5.06. The zero-order chi connectivity index (χ0) is 17.9. The van der Waals surface area contributed by atoms with Gasteiger partial charge < -0.3 is 5.11 Å². The van der Waals surface area contributed by atoms with Crippen molar-refractivity contribution < 1.29 is 18.3 Å². The summed E-state index contributed by atoms with van der Waals surface area (Å²) in [5.74, 6) is -1.20. The van der Waals surface area contributed by atoms with Crippen LogP contribution in [0.2, 0.25) is 0 Å². The Kier molecular flexibility index (Phi) is 5.17. The van der Waals surface area contributed by atoms with Crippen molar-refractivity contribution in [1.82, 2.24) is 0 Å². The van der Waals surface area contributed by atoms with Crippen molar-refractivity contribution in [3.05, 3.63) is 53.1 Å². The number of benzene rings is 2. The highest BCUT2D eigenvalue weighted by molar-refractivity contribution is 8.03. The van der Waals surface area contributed by atoms with Gasteiger partial charge in [0, 0.05) is 4.90 Å². The maximum atomic E-state index is 12.5. The van der Waals surface area contributed by atoms with Crippen LogP contribution >= 0.6 is 11.8 Å². The molecule has 0 saturated heterocycles. The summed E-state index contributed by atoms with van der Waals surface area (Å²) < 4.78 is 27.6. The normalized spacial score (nSPS) is 10.9. The number of carboxylic acids is 1. The topological polar surface area (TPSA) is 107 Å². The summed E-state index contributed by atoms with van der Waals surface area (Å²) in [4.78, 5) is 11.6. The molecule has 24 heavy (non-hydrogen) atoms. The lowest BCUT2D eigenvalue weighted by Gasteiger charge is -2.14. The zero-order valence-corrected chi connectivity index (χ0v) is 14.5. The number of nitrogens with zero attached hydrogens (tertiary/aromatic N) is 1. The highest BCUT2D eigenvalue weighted by Gasteiger charge is 2.18. The van der Waals surface area contributed by atoms with Gasteiger partial charge in [-0.15, -0.1) is 0 Å². The lowest BCUT2D eigenvalue weighted by atomic mass is 10.1. The summed E-state index contributed by atoms with van der Waals surface area (Å²) >= 11 is 0.995. The van der Waals surface area contributed by atoms with E-state index in [4.69, 9.17) is 10.4 Å². The maximum Gasteiger partial charge on any atom is 0.335 e. The van der Waals surface area contributed by atoms with Crippen molar-refractivity contribution in [1.29, 1.82) is 5.26 Å². The summed E-state index contributed by atoms with van der Waals surface area (Å²) in [7, 11) is -3.92. The first-order valence-corrected chi connectivity index (χ1v) is 9.08. The van der Waals surface area contributed by atoms with Gasteiger partial charge in [-0.25, -0.2) is 13.2 Å². The van der Waals surface area contributed by atoms with Crippen molar-refractivity contribution in [3.8, 4) is 5.40 Å². The van der Waals surface area contributed by atoms with Crippen molar-refractivity contribution in [2.75, 3.05) is 4.72 Å². The maximum absolute atomic E-state index is 12.5. The van der Waals surface area contributed by atoms with E-state index in [0.717, 1.165) is 22.7 Å². The third kappa shape index (κ3) is 3.88. The number of thioether (sulfide) groups is 1. The molecule has 124 valence electrons. The molecule has 0 amide bonds. The molecule has 2 aromatic carbocycles. The molecule has 2 rings (SSSR count). The molecule has 0 aliphatic carbocycles. The van der Waals surface area contributed by atoms with Crippen LogP contribution in [0.3, 0.4) is 0 Å². The molecule has 0 aromatic heterocycles. The van der Waals surface area contributed by atoms with E-state index >= 15 is 0 Å². The average Bonchev–Trinajstić information content (AvgIpc) is 2.51. The van der Waals surface area contributed by atoms with Gasteiger partial charge in [-0.1, -0.05) is 6.07 Å². The summed E-state index contributed by atoms with van der Waals surface area (Å²) in [5.41, 5.74) is 1.65. The number of carbonyl (C=O) groups is 1. The van der Waals surface area contributed by atoms with E-state index in [1.807, 2.05) is 5.40 Å². The quantitative estimate of drug-likeness (QED) is 0.624. The van der Waals surface area contributed by atoms with Crippen molar-refractivity contribution in [2.45, 2.75) is 23.6 Å². The van der Waals surface area contributed by atoms with Gasteiger partial charge in [0.1, 0.15) is 5.40 Å². The van der Waals surface area contributed by atoms with Gasteiger partial charge in [0.2, 0.25) is 0 Å². The standard InChI is InChI=1S/C16H14N2O4S2/c1-10-6-13(23-9-17)7-11(2)15(10)18-24(21,22)14-5-3-4-12(8-14)16(19)20/h3-8,18H,1-2H3,(H,19,20). The first kappa shape index (κ1) is 17.8. The van der Waals surface area contributed by atoms with E-state index in [9.17, 15) is 13.2 Å². The number of aromatic carboxylic acids is 1. The first-order valence-electron chi connectivity index (χ1n) is 6.78. The van der Waals surface area contributed by atoms with E-state index in [-0.39, 0.29) is 10.5 Å². The molecule has 0 bridgehead atoms. The molecule has 0 heterocycles. The minimum absolute atomic E-state index is 0.105. The van der Waals surface area contributed by atoms with Crippen LogP contribution in [0.25, 0.3) is 0 Å². The Morgan fingerprint density at radius 3 is 2.38 bits per heavy atom. The molecule has 0 fully saturated rings. The predicted octanol–water partition coefficient (Wildman–Crippen LogP) is 3.38. The Bertz CT molecular complexity index is 924. The number of hydrogen-bond acceptors (Lipinski definition) is 5. The number of carboxylic acid groups (broad SMARTS) is 1. The predicted molar refractivity (Wildman–Crippen MR) is 91.6 cm³/mol. The number of nitriles is 1. The summed E-state index contributed by atoms with van der Waals surface area (Å²) in [6.07, 6.45) is 0. The Hall–Kier alpha value is -2.50. The monoisotopic (exact) mass is 362 g/mol. The molecule has 0 radical (unpaired) electrons. The van der Waals surface area contributed by atoms with E-state index in [1.165, 1.54) is 18.2 Å². The van der Waals surface area contributed by atoms with Gasteiger partial charge in [0.15, 0.2) is 0 Å². The Morgan fingerprint density at radius 2 is 1.83 bits per heavy atom. The Balaban J connectivity index is 2.42. The minimum Gasteiger partial charge on any atom is -0.478 e. The molecule has 0 unspecified atom stereocenters. The fourth-order valence-electron chi connectivity index (χ4n) is 2.19. The molecule has 8 heteroatoms. The SMILES string of the molecule is Cc1cc(SC#N)cc(C)c1NS(=O)(=O)c1cccc(C(=O)O)c1. The number of hydrogen-bond donors (Lipinski definition) is 2. The van der Waals surface area contributed by atoms with Crippen LogP contribution in [0.1, 0.15) is 21.5 Å². The van der Waals surface area contributed by atoms with E-state index in [1.54, 1.807) is 26.0 Å².